The molecule has 0 spiro atoms. The highest BCUT2D eigenvalue weighted by Gasteiger charge is 2.10. The molecule has 4 heteroatoms. The van der Waals surface area contributed by atoms with Crippen molar-refractivity contribution in [1.82, 2.24) is 9.55 Å². The smallest absolute Gasteiger partial charge is 0.139 e. The third-order valence-electron chi connectivity index (χ3n) is 3.09. The minimum Gasteiger partial charge on any atom is -0.506 e. The molecule has 19 heavy (non-hydrogen) atoms. The molecular formula is C15H14N2O2. The van der Waals surface area contributed by atoms with Crippen LogP contribution >= 0.6 is 0 Å². The summed E-state index contributed by atoms with van der Waals surface area (Å²) in [5, 5.41) is 10.9. The first-order valence-electron chi connectivity index (χ1n) is 6.04. The number of benzene rings is 1. The number of aryl methyl sites for hydroxylation is 1. The van der Waals surface area contributed by atoms with Gasteiger partial charge in [-0.3, -0.25) is 4.98 Å². The number of pyridine rings is 1. The van der Waals surface area contributed by atoms with Gasteiger partial charge in [-0.05, 0) is 18.2 Å². The van der Waals surface area contributed by atoms with Crippen molar-refractivity contribution in [3.05, 3.63) is 54.5 Å². The molecule has 0 aliphatic rings. The van der Waals surface area contributed by atoms with Gasteiger partial charge in [0.15, 0.2) is 0 Å². The third-order valence-corrected chi connectivity index (χ3v) is 3.09. The van der Waals surface area contributed by atoms with Gasteiger partial charge in [-0.25, -0.2) is 0 Å². The lowest BCUT2D eigenvalue weighted by molar-refractivity contribution is 0.306. The molecule has 0 radical (unpaired) electrons. The zero-order valence-electron chi connectivity index (χ0n) is 10.6. The molecule has 3 rings (SSSR count). The molecule has 0 atom stereocenters. The fourth-order valence-electron chi connectivity index (χ4n) is 2.24. The van der Waals surface area contributed by atoms with Gasteiger partial charge in [0.2, 0.25) is 0 Å². The van der Waals surface area contributed by atoms with Crippen LogP contribution in [0, 0.1) is 0 Å². The molecule has 2 heterocycles. The molecule has 0 unspecified atom stereocenters. The van der Waals surface area contributed by atoms with Gasteiger partial charge in [-0.2, -0.15) is 0 Å². The molecule has 0 amide bonds. The van der Waals surface area contributed by atoms with Crippen LogP contribution in [-0.2, 0) is 13.7 Å². The second kappa shape index (κ2) is 4.65. The van der Waals surface area contributed by atoms with Crippen molar-refractivity contribution in [3.8, 4) is 11.5 Å². The predicted molar refractivity (Wildman–Crippen MR) is 73.2 cm³/mol. The van der Waals surface area contributed by atoms with Crippen molar-refractivity contribution in [2.45, 2.75) is 6.61 Å². The monoisotopic (exact) mass is 254 g/mol. The van der Waals surface area contributed by atoms with E-state index in [2.05, 4.69) is 4.98 Å². The molecule has 2 aromatic heterocycles. The van der Waals surface area contributed by atoms with Crippen LogP contribution in [0.15, 0.2) is 48.9 Å². The lowest BCUT2D eigenvalue weighted by Gasteiger charge is -2.04. The summed E-state index contributed by atoms with van der Waals surface area (Å²) in [4.78, 5) is 4.01. The number of aromatic hydroxyl groups is 1. The largest absolute Gasteiger partial charge is 0.506 e. The number of aromatic nitrogens is 2. The molecule has 3 aromatic rings. The Hall–Kier alpha value is -2.49. The average molecular weight is 254 g/mol. The Balaban J connectivity index is 1.92. The minimum atomic E-state index is 0.285. The number of rotatable bonds is 3. The summed E-state index contributed by atoms with van der Waals surface area (Å²) >= 11 is 0. The highest BCUT2D eigenvalue weighted by molar-refractivity contribution is 5.88. The zero-order valence-corrected chi connectivity index (χ0v) is 10.6. The van der Waals surface area contributed by atoms with E-state index in [1.807, 2.05) is 42.1 Å². The number of hydrogen-bond acceptors (Lipinski definition) is 3. The third kappa shape index (κ3) is 2.12. The van der Waals surface area contributed by atoms with Crippen LogP contribution in [0.3, 0.4) is 0 Å². The first kappa shape index (κ1) is 11.6. The van der Waals surface area contributed by atoms with Crippen LogP contribution in [0.25, 0.3) is 10.9 Å². The Morgan fingerprint density at radius 3 is 2.95 bits per heavy atom. The maximum Gasteiger partial charge on any atom is 0.139 e. The number of nitrogens with zero attached hydrogens (tertiary/aromatic N) is 2. The average Bonchev–Trinajstić information content (AvgIpc) is 2.76. The van der Waals surface area contributed by atoms with Gasteiger partial charge in [-0.15, -0.1) is 0 Å². The number of para-hydroxylation sites is 1. The van der Waals surface area contributed by atoms with Crippen molar-refractivity contribution < 1.29 is 9.84 Å². The molecule has 1 aromatic carbocycles. The highest BCUT2D eigenvalue weighted by Crippen LogP contribution is 2.28. The molecule has 4 nitrogen and oxygen atoms in total. The van der Waals surface area contributed by atoms with E-state index in [0.717, 1.165) is 22.2 Å². The van der Waals surface area contributed by atoms with E-state index >= 15 is 0 Å². The number of hydrogen-bond donors (Lipinski definition) is 1. The fourth-order valence-corrected chi connectivity index (χ4v) is 2.24. The second-order valence-corrected chi connectivity index (χ2v) is 4.42. The second-order valence-electron chi connectivity index (χ2n) is 4.42. The Morgan fingerprint density at radius 1 is 1.26 bits per heavy atom. The van der Waals surface area contributed by atoms with E-state index in [4.69, 9.17) is 4.74 Å². The lowest BCUT2D eigenvalue weighted by Crippen LogP contribution is -1.94. The molecular weight excluding hydrogens is 240 g/mol. The topological polar surface area (TPSA) is 47.3 Å². The first-order chi connectivity index (χ1) is 9.25. The van der Waals surface area contributed by atoms with Crippen LogP contribution in [0.5, 0.6) is 11.5 Å². The number of ether oxygens (including phenoxy) is 1. The Morgan fingerprint density at radius 2 is 2.16 bits per heavy atom. The molecule has 0 saturated heterocycles. The maximum atomic E-state index is 9.88. The first-order valence-corrected chi connectivity index (χ1v) is 6.04. The van der Waals surface area contributed by atoms with Gasteiger partial charge in [0.05, 0.1) is 11.7 Å². The van der Waals surface area contributed by atoms with Gasteiger partial charge in [0.1, 0.15) is 18.1 Å². The van der Waals surface area contributed by atoms with Gasteiger partial charge in [0.25, 0.3) is 0 Å². The molecule has 0 fully saturated rings. The van der Waals surface area contributed by atoms with Crippen LogP contribution in [0.2, 0.25) is 0 Å². The summed E-state index contributed by atoms with van der Waals surface area (Å²) in [5.41, 5.74) is 1.87. The Bertz CT molecular complexity index is 705. The van der Waals surface area contributed by atoms with E-state index in [1.54, 1.807) is 18.5 Å². The van der Waals surface area contributed by atoms with Crippen molar-refractivity contribution in [2.24, 2.45) is 7.05 Å². The van der Waals surface area contributed by atoms with Gasteiger partial charge < -0.3 is 14.4 Å². The van der Waals surface area contributed by atoms with Gasteiger partial charge >= 0.3 is 0 Å². The van der Waals surface area contributed by atoms with E-state index in [-0.39, 0.29) is 5.75 Å². The van der Waals surface area contributed by atoms with Crippen molar-refractivity contribution >= 4 is 10.9 Å². The van der Waals surface area contributed by atoms with Crippen LogP contribution < -0.4 is 4.74 Å². The Kier molecular flexibility index (Phi) is 2.83. The summed E-state index contributed by atoms with van der Waals surface area (Å²) in [6.45, 7) is 0.451. The quantitative estimate of drug-likeness (QED) is 0.781. The van der Waals surface area contributed by atoms with E-state index in [1.165, 1.54) is 0 Å². The minimum absolute atomic E-state index is 0.285. The molecule has 1 N–H and O–H groups in total. The number of phenolic OH excluding ortho intramolecular Hbond substituents is 1. The van der Waals surface area contributed by atoms with E-state index in [0.29, 0.717) is 6.61 Å². The van der Waals surface area contributed by atoms with Crippen molar-refractivity contribution in [1.29, 1.82) is 0 Å². The fraction of sp³-hybridized carbons (Fsp3) is 0.133. The van der Waals surface area contributed by atoms with Gasteiger partial charge in [-0.1, -0.05) is 12.1 Å². The zero-order chi connectivity index (χ0) is 13.2. The standard InChI is InChI=1S/C15H14N2O2/c1-17-9-11(10-19-12-4-3-7-16-8-12)13-5-2-6-14(18)15(13)17/h2-9,18H,10H2,1H3. The summed E-state index contributed by atoms with van der Waals surface area (Å²) in [6.07, 6.45) is 5.37. The highest BCUT2D eigenvalue weighted by atomic mass is 16.5. The number of phenols is 1. The van der Waals surface area contributed by atoms with Gasteiger partial charge in [0, 0.05) is 30.4 Å². The molecule has 0 bridgehead atoms. The normalized spacial score (nSPS) is 10.8. The number of fused-ring (bicyclic) bond motifs is 1. The summed E-state index contributed by atoms with van der Waals surface area (Å²) < 4.78 is 7.61. The predicted octanol–water partition coefficient (Wildman–Crippen LogP) is 2.86. The molecule has 96 valence electrons. The van der Waals surface area contributed by atoms with E-state index < -0.39 is 0 Å². The van der Waals surface area contributed by atoms with Crippen LogP contribution in [0.4, 0.5) is 0 Å². The maximum absolute atomic E-state index is 9.88. The van der Waals surface area contributed by atoms with Crippen LogP contribution in [0.1, 0.15) is 5.56 Å². The summed E-state index contributed by atoms with van der Waals surface area (Å²) in [5.74, 6) is 1.02. The Labute approximate surface area is 110 Å². The van der Waals surface area contributed by atoms with E-state index in [9.17, 15) is 5.11 Å². The SMILES string of the molecule is Cn1cc(COc2cccnc2)c2cccc(O)c21. The molecule has 0 aliphatic carbocycles. The summed E-state index contributed by atoms with van der Waals surface area (Å²) in [6, 6.07) is 9.22. The molecule has 0 aliphatic heterocycles. The van der Waals surface area contributed by atoms with Crippen LogP contribution in [-0.4, -0.2) is 14.7 Å². The lowest BCUT2D eigenvalue weighted by atomic mass is 10.2. The summed E-state index contributed by atoms with van der Waals surface area (Å²) in [7, 11) is 1.91. The van der Waals surface area contributed by atoms with Crippen molar-refractivity contribution in [2.75, 3.05) is 0 Å². The molecule has 0 saturated carbocycles. The van der Waals surface area contributed by atoms with Crippen molar-refractivity contribution in [3.63, 3.8) is 0 Å².